The molecule has 1 aliphatic carbocycles. The average Bonchev–Trinajstić information content (AvgIpc) is 3.14. The number of benzene rings is 2. The molecular formula is C26H30Cl2SiZr-2. The third-order valence-electron chi connectivity index (χ3n) is 4.68. The van der Waals surface area contributed by atoms with Crippen LogP contribution < -0.4 is 24.8 Å². The summed E-state index contributed by atoms with van der Waals surface area (Å²) in [5.74, 6) is 0.468. The average molecular weight is 533 g/mol. The molecule has 0 N–H and O–H groups in total. The summed E-state index contributed by atoms with van der Waals surface area (Å²) in [6.45, 7) is 13.3. The van der Waals surface area contributed by atoms with E-state index in [1.165, 1.54) is 38.6 Å². The molecule has 1 aliphatic rings. The Morgan fingerprint density at radius 2 is 1.43 bits per heavy atom. The molecule has 1 unspecified atom stereocenters. The fourth-order valence-electron chi connectivity index (χ4n) is 3.28. The van der Waals surface area contributed by atoms with E-state index in [0.29, 0.717) is 5.92 Å². The summed E-state index contributed by atoms with van der Waals surface area (Å²) in [7, 11) is 0. The standard InChI is InChI=1S/C13H13.C11H11.C2H6Si.2ClH.Zr/c1-10-8-11(2)13(9-10)12-6-4-3-5-7-12;1-8-7-10-5-3-4-6-11(10)9(8)2;1-3-2;;;/h3-7,9-10H,1-2H3;3-7H,1-2H3;1-2H3;2*1H;/q2*-1;;;;+2/p-2. The molecule has 4 rings (SSSR count). The molecular weight excluding hydrogens is 503 g/mol. The maximum atomic E-state index is 3.39. The molecule has 0 saturated carbocycles. The molecule has 0 aromatic heterocycles. The fourth-order valence-corrected chi connectivity index (χ4v) is 3.28. The maximum absolute atomic E-state index is 3.39. The third kappa shape index (κ3) is 8.75. The first-order valence-electron chi connectivity index (χ1n) is 9.80. The van der Waals surface area contributed by atoms with Crippen LogP contribution in [0.25, 0.3) is 16.3 Å². The van der Waals surface area contributed by atoms with Gasteiger partial charge in [0.15, 0.2) is 0 Å². The zero-order valence-electron chi connectivity index (χ0n) is 18.7. The van der Waals surface area contributed by atoms with Crippen molar-refractivity contribution in [2.24, 2.45) is 5.92 Å². The van der Waals surface area contributed by atoms with Crippen molar-refractivity contribution < 1.29 is 48.1 Å². The minimum Gasteiger partial charge on any atom is -1.00 e. The third-order valence-corrected chi connectivity index (χ3v) is 4.68. The van der Waals surface area contributed by atoms with Crippen LogP contribution in [0.15, 0.2) is 72.3 Å². The number of allylic oxidation sites excluding steroid dienone is 4. The summed E-state index contributed by atoms with van der Waals surface area (Å²) < 4.78 is 0. The fraction of sp³-hybridized carbons (Fsp3) is 0.269. The van der Waals surface area contributed by atoms with E-state index < -0.39 is 0 Å². The van der Waals surface area contributed by atoms with Crippen molar-refractivity contribution in [3.05, 3.63) is 95.1 Å². The van der Waals surface area contributed by atoms with E-state index in [0.717, 1.165) is 0 Å². The Morgan fingerprint density at radius 3 is 1.93 bits per heavy atom. The monoisotopic (exact) mass is 530 g/mol. The van der Waals surface area contributed by atoms with Crippen LogP contribution in [0.3, 0.4) is 0 Å². The Balaban J connectivity index is 0.000000455. The molecule has 0 radical (unpaired) electrons. The van der Waals surface area contributed by atoms with Crippen LogP contribution in [-0.2, 0) is 23.3 Å². The second-order valence-electron chi connectivity index (χ2n) is 7.54. The molecule has 0 fully saturated rings. The van der Waals surface area contributed by atoms with Gasteiger partial charge in [-0.05, 0) is 0 Å². The van der Waals surface area contributed by atoms with Crippen LogP contribution >= 0.6 is 0 Å². The van der Waals surface area contributed by atoms with E-state index in [1.54, 1.807) is 23.3 Å². The Kier molecular flexibility index (Phi) is 13.9. The van der Waals surface area contributed by atoms with Crippen LogP contribution in [0, 0.1) is 25.8 Å². The van der Waals surface area contributed by atoms with Crippen LogP contribution in [0.5, 0.6) is 0 Å². The van der Waals surface area contributed by atoms with Crippen molar-refractivity contribution in [2.75, 3.05) is 0 Å². The largest absolute Gasteiger partial charge is 1.00 e. The van der Waals surface area contributed by atoms with E-state index >= 15 is 0 Å². The molecule has 3 aromatic carbocycles. The molecule has 0 spiro atoms. The summed E-state index contributed by atoms with van der Waals surface area (Å²) in [5, 5.41) is 2.76. The molecule has 4 heteroatoms. The molecule has 3 aromatic rings. The van der Waals surface area contributed by atoms with Crippen molar-refractivity contribution in [1.82, 2.24) is 0 Å². The van der Waals surface area contributed by atoms with Gasteiger partial charge in [0.2, 0.25) is 0 Å². The van der Waals surface area contributed by atoms with Crippen LogP contribution in [-0.4, -0.2) is 5.43 Å². The number of fused-ring (bicyclic) bond motifs is 1. The predicted molar refractivity (Wildman–Crippen MR) is 123 cm³/mol. The van der Waals surface area contributed by atoms with Gasteiger partial charge < -0.3 is 24.8 Å². The molecule has 0 bridgehead atoms. The number of halogens is 2. The Hall–Kier alpha value is -0.790. The number of aryl methyl sites for hydroxylation is 2. The van der Waals surface area contributed by atoms with Crippen molar-refractivity contribution in [2.45, 2.75) is 40.8 Å². The van der Waals surface area contributed by atoms with Crippen LogP contribution in [0.1, 0.15) is 30.5 Å². The quantitative estimate of drug-likeness (QED) is 0.329. The smallest absolute Gasteiger partial charge is 0.0576 e. The molecule has 0 heterocycles. The number of hydrogen-bond acceptors (Lipinski definition) is 0. The summed E-state index contributed by atoms with van der Waals surface area (Å²) in [6.07, 6.45) is 5.66. The van der Waals surface area contributed by atoms with E-state index in [4.69, 9.17) is 0 Å². The van der Waals surface area contributed by atoms with Gasteiger partial charge in [-0.2, -0.15) is 17.2 Å². The number of hydrogen-bond donors (Lipinski definition) is 0. The Morgan fingerprint density at radius 1 is 0.900 bits per heavy atom. The topological polar surface area (TPSA) is 0 Å². The molecule has 0 saturated heterocycles. The van der Waals surface area contributed by atoms with Crippen molar-refractivity contribution >= 4 is 21.8 Å². The van der Waals surface area contributed by atoms with Gasteiger partial charge in [0.05, 0.1) is 0 Å². The van der Waals surface area contributed by atoms with Crippen molar-refractivity contribution in [3.8, 4) is 0 Å². The van der Waals surface area contributed by atoms with Gasteiger partial charge in [-0.3, -0.25) is 6.08 Å². The zero-order chi connectivity index (χ0) is 20.7. The van der Waals surface area contributed by atoms with Gasteiger partial charge in [-0.25, -0.2) is 5.57 Å². The normalized spacial score (nSPS) is 14.1. The van der Waals surface area contributed by atoms with Gasteiger partial charge in [0, 0.05) is 0 Å². The van der Waals surface area contributed by atoms with Crippen LogP contribution in [0.2, 0.25) is 13.1 Å². The van der Waals surface area contributed by atoms with Gasteiger partial charge in [-0.15, -0.1) is 46.2 Å². The molecule has 0 aliphatic heterocycles. The van der Waals surface area contributed by atoms with E-state index in [2.05, 4.69) is 108 Å². The van der Waals surface area contributed by atoms with Gasteiger partial charge in [0.25, 0.3) is 0 Å². The van der Waals surface area contributed by atoms with Gasteiger partial charge in [-0.1, -0.05) is 70.0 Å². The number of rotatable bonds is 1. The molecule has 0 nitrogen and oxygen atoms in total. The van der Waals surface area contributed by atoms with E-state index in [1.807, 2.05) is 6.07 Å². The van der Waals surface area contributed by atoms with Crippen molar-refractivity contribution in [1.29, 1.82) is 0 Å². The molecule has 30 heavy (non-hydrogen) atoms. The first-order chi connectivity index (χ1) is 13.3. The van der Waals surface area contributed by atoms with Crippen LogP contribution in [0.4, 0.5) is 0 Å². The summed E-state index contributed by atoms with van der Waals surface area (Å²) in [6, 6.07) is 21.3. The predicted octanol–water partition coefficient (Wildman–Crippen LogP) is 1.44. The van der Waals surface area contributed by atoms with Gasteiger partial charge >= 0.3 is 41.9 Å². The Bertz CT molecular complexity index is 996. The van der Waals surface area contributed by atoms with Gasteiger partial charge in [0.1, 0.15) is 0 Å². The molecule has 0 amide bonds. The minimum absolute atomic E-state index is 0. The Labute approximate surface area is 210 Å². The zero-order valence-corrected chi connectivity index (χ0v) is 23.7. The summed E-state index contributed by atoms with van der Waals surface area (Å²) in [4.78, 5) is 0. The molecule has 158 valence electrons. The summed E-state index contributed by atoms with van der Waals surface area (Å²) in [5.41, 5.74) is 6.94. The second kappa shape index (κ2) is 14.3. The van der Waals surface area contributed by atoms with Crippen molar-refractivity contribution in [3.63, 3.8) is 0 Å². The van der Waals surface area contributed by atoms with E-state index in [9.17, 15) is 0 Å². The SMILES string of the molecule is CC1=[C-]C(C)C=C1c1ccccc1.C[Si](C)=[Zr+2].Cc1[cH-]c2ccccc2c1C.[Cl-].[Cl-]. The molecule has 1 atom stereocenters. The summed E-state index contributed by atoms with van der Waals surface area (Å²) >= 11 is 1.74. The second-order valence-corrected chi connectivity index (χ2v) is 16.9. The maximum Gasteiger partial charge on any atom is -0.0576 e. The van der Waals surface area contributed by atoms with E-state index in [-0.39, 0.29) is 30.2 Å². The first-order valence-corrected chi connectivity index (χ1v) is 16.0. The first kappa shape index (κ1) is 29.2. The minimum atomic E-state index is 0.